The zero-order valence-electron chi connectivity index (χ0n) is 13.6. The second-order valence-corrected chi connectivity index (χ2v) is 4.51. The van der Waals surface area contributed by atoms with Crippen LogP contribution in [0.15, 0.2) is 58.5 Å². The third-order valence-electron chi connectivity index (χ3n) is 2.97. The van der Waals surface area contributed by atoms with E-state index < -0.39 is 0 Å². The van der Waals surface area contributed by atoms with Gasteiger partial charge in [0.1, 0.15) is 11.5 Å². The van der Waals surface area contributed by atoms with E-state index in [9.17, 15) is 9.59 Å². The van der Waals surface area contributed by atoms with Gasteiger partial charge in [0.15, 0.2) is 0 Å². The highest BCUT2D eigenvalue weighted by molar-refractivity contribution is 5.35. The summed E-state index contributed by atoms with van der Waals surface area (Å²) in [4.78, 5) is 26.5. The molecule has 0 saturated carbocycles. The molecule has 0 heterocycles. The van der Waals surface area contributed by atoms with Crippen LogP contribution in [0.3, 0.4) is 0 Å². The summed E-state index contributed by atoms with van der Waals surface area (Å²) in [5.74, 6) is 1.60. The van der Waals surface area contributed by atoms with Gasteiger partial charge in [0.05, 0.1) is 27.3 Å². The van der Waals surface area contributed by atoms with Crippen molar-refractivity contribution in [3.05, 3.63) is 59.7 Å². The van der Waals surface area contributed by atoms with Gasteiger partial charge >= 0.3 is 0 Å². The van der Waals surface area contributed by atoms with Gasteiger partial charge in [-0.3, -0.25) is 0 Å². The largest absolute Gasteiger partial charge is 0.497 e. The number of carbonyl (C=O) groups excluding carboxylic acids is 2. The highest BCUT2D eigenvalue weighted by atomic mass is 16.5. The Kier molecular flexibility index (Phi) is 8.94. The van der Waals surface area contributed by atoms with Gasteiger partial charge in [0.2, 0.25) is 12.2 Å². The summed E-state index contributed by atoms with van der Waals surface area (Å²) in [5.41, 5.74) is 1.94. The monoisotopic (exact) mass is 326 g/mol. The number of hydrogen-bond donors (Lipinski definition) is 0. The number of rotatable bonds is 6. The molecule has 0 atom stereocenters. The quantitative estimate of drug-likeness (QED) is 0.604. The molecule has 0 aliphatic heterocycles. The molecule has 0 fully saturated rings. The van der Waals surface area contributed by atoms with Crippen LogP contribution in [-0.4, -0.2) is 26.4 Å². The minimum absolute atomic E-state index is 0.382. The molecular formula is C18H18N2O4. The van der Waals surface area contributed by atoms with E-state index in [-0.39, 0.29) is 0 Å². The predicted octanol–water partition coefficient (Wildman–Crippen LogP) is 3.06. The molecule has 0 aromatic heterocycles. The van der Waals surface area contributed by atoms with Crippen LogP contribution in [0.1, 0.15) is 11.1 Å². The van der Waals surface area contributed by atoms with Gasteiger partial charge in [-0.25, -0.2) is 19.6 Å². The molecular weight excluding hydrogens is 308 g/mol. The molecule has 0 spiro atoms. The van der Waals surface area contributed by atoms with Crippen molar-refractivity contribution in [2.24, 2.45) is 9.98 Å². The molecule has 0 saturated heterocycles. The minimum atomic E-state index is 0.382. The molecule has 0 N–H and O–H groups in total. The number of benzene rings is 2. The average molecular weight is 326 g/mol. The van der Waals surface area contributed by atoms with Crippen molar-refractivity contribution in [1.29, 1.82) is 0 Å². The van der Waals surface area contributed by atoms with Gasteiger partial charge in [0.25, 0.3) is 0 Å². The lowest BCUT2D eigenvalue weighted by Gasteiger charge is -1.99. The maximum Gasteiger partial charge on any atom is 0.235 e. The Labute approximate surface area is 140 Å². The van der Waals surface area contributed by atoms with Gasteiger partial charge < -0.3 is 9.47 Å². The molecule has 24 heavy (non-hydrogen) atoms. The fourth-order valence-electron chi connectivity index (χ4n) is 1.71. The Morgan fingerprint density at radius 3 is 1.29 bits per heavy atom. The van der Waals surface area contributed by atoms with E-state index in [1.807, 2.05) is 48.5 Å². The molecule has 124 valence electrons. The maximum atomic E-state index is 9.78. The zero-order chi connectivity index (χ0) is 17.6. The molecule has 0 unspecified atom stereocenters. The standard InChI is InChI=1S/2C9H9NO2/c2*1-12-9-4-2-8(3-5-9)6-10-7-11/h2*2-5H,6H2,1H3. The highest BCUT2D eigenvalue weighted by Crippen LogP contribution is 2.12. The zero-order valence-corrected chi connectivity index (χ0v) is 13.6. The van der Waals surface area contributed by atoms with Crippen molar-refractivity contribution in [2.45, 2.75) is 13.1 Å². The summed E-state index contributed by atoms with van der Waals surface area (Å²) >= 11 is 0. The van der Waals surface area contributed by atoms with E-state index in [1.165, 1.54) is 12.2 Å². The maximum absolute atomic E-state index is 9.78. The van der Waals surface area contributed by atoms with Crippen molar-refractivity contribution >= 4 is 12.2 Å². The van der Waals surface area contributed by atoms with Crippen LogP contribution >= 0.6 is 0 Å². The summed E-state index contributed by atoms with van der Waals surface area (Å²) < 4.78 is 9.93. The Morgan fingerprint density at radius 2 is 1.04 bits per heavy atom. The first-order valence-corrected chi connectivity index (χ1v) is 7.06. The molecule has 2 rings (SSSR count). The van der Waals surface area contributed by atoms with Gasteiger partial charge in [-0.1, -0.05) is 24.3 Å². The van der Waals surface area contributed by atoms with Crippen LogP contribution in [0.2, 0.25) is 0 Å². The molecule has 0 amide bonds. The average Bonchev–Trinajstić information content (AvgIpc) is 2.66. The van der Waals surface area contributed by atoms with Crippen LogP contribution in [-0.2, 0) is 22.7 Å². The van der Waals surface area contributed by atoms with Crippen molar-refractivity contribution in [1.82, 2.24) is 0 Å². The van der Waals surface area contributed by atoms with Gasteiger partial charge in [-0.05, 0) is 35.4 Å². The summed E-state index contributed by atoms with van der Waals surface area (Å²) in [6, 6.07) is 14.8. The topological polar surface area (TPSA) is 77.3 Å². The normalized spacial score (nSPS) is 8.75. The fourth-order valence-corrected chi connectivity index (χ4v) is 1.71. The summed E-state index contributed by atoms with van der Waals surface area (Å²) in [6.45, 7) is 0.765. The van der Waals surface area contributed by atoms with Crippen LogP contribution in [0.5, 0.6) is 11.5 Å². The van der Waals surface area contributed by atoms with Crippen molar-refractivity contribution in [3.8, 4) is 11.5 Å². The number of ether oxygens (including phenoxy) is 2. The van der Waals surface area contributed by atoms with E-state index in [1.54, 1.807) is 14.2 Å². The lowest BCUT2D eigenvalue weighted by atomic mass is 10.2. The van der Waals surface area contributed by atoms with E-state index in [4.69, 9.17) is 9.47 Å². The van der Waals surface area contributed by atoms with Crippen LogP contribution in [0.4, 0.5) is 0 Å². The SMILES string of the molecule is COc1ccc(CN=C=O)cc1.COc1ccc(CN=C=O)cc1. The van der Waals surface area contributed by atoms with Gasteiger partial charge in [-0.2, -0.15) is 0 Å². The van der Waals surface area contributed by atoms with Crippen LogP contribution < -0.4 is 9.47 Å². The van der Waals surface area contributed by atoms with E-state index in [0.717, 1.165) is 22.6 Å². The van der Waals surface area contributed by atoms with E-state index in [0.29, 0.717) is 13.1 Å². The second-order valence-electron chi connectivity index (χ2n) is 4.51. The van der Waals surface area contributed by atoms with Crippen LogP contribution in [0.25, 0.3) is 0 Å². The number of hydrogen-bond acceptors (Lipinski definition) is 6. The smallest absolute Gasteiger partial charge is 0.235 e. The van der Waals surface area contributed by atoms with Crippen molar-refractivity contribution in [3.63, 3.8) is 0 Å². The lowest BCUT2D eigenvalue weighted by molar-refractivity contribution is 0.414. The Hall–Kier alpha value is -3.20. The second kappa shape index (κ2) is 11.4. The molecule has 0 aliphatic carbocycles. The first kappa shape index (κ1) is 18.8. The molecule has 6 heteroatoms. The number of aliphatic imine (C=N–C) groups is 2. The first-order chi connectivity index (χ1) is 11.7. The summed E-state index contributed by atoms with van der Waals surface area (Å²) in [6.07, 6.45) is 2.98. The Balaban J connectivity index is 0.000000240. The van der Waals surface area contributed by atoms with Gasteiger partial charge in [0, 0.05) is 0 Å². The highest BCUT2D eigenvalue weighted by Gasteiger charge is 1.92. The van der Waals surface area contributed by atoms with Crippen LogP contribution in [0, 0.1) is 0 Å². The Morgan fingerprint density at radius 1 is 0.708 bits per heavy atom. The fraction of sp³-hybridized carbons (Fsp3) is 0.222. The summed E-state index contributed by atoms with van der Waals surface area (Å²) in [5, 5.41) is 0. The Bertz CT molecular complexity index is 635. The summed E-state index contributed by atoms with van der Waals surface area (Å²) in [7, 11) is 3.22. The number of nitrogens with zero attached hydrogens (tertiary/aromatic N) is 2. The number of isocyanates is 2. The third-order valence-corrected chi connectivity index (χ3v) is 2.97. The first-order valence-electron chi connectivity index (χ1n) is 7.06. The molecule has 0 bridgehead atoms. The predicted molar refractivity (Wildman–Crippen MR) is 89.6 cm³/mol. The number of methoxy groups -OCH3 is 2. The molecule has 0 aliphatic rings. The van der Waals surface area contributed by atoms with Crippen molar-refractivity contribution < 1.29 is 19.1 Å². The van der Waals surface area contributed by atoms with Crippen molar-refractivity contribution in [2.75, 3.05) is 14.2 Å². The van der Waals surface area contributed by atoms with Gasteiger partial charge in [-0.15, -0.1) is 0 Å². The lowest BCUT2D eigenvalue weighted by Crippen LogP contribution is -1.84. The molecule has 2 aromatic rings. The molecule has 2 aromatic carbocycles. The molecule has 6 nitrogen and oxygen atoms in total. The third kappa shape index (κ3) is 7.18. The van der Waals surface area contributed by atoms with E-state index >= 15 is 0 Å². The molecule has 0 radical (unpaired) electrons. The van der Waals surface area contributed by atoms with E-state index in [2.05, 4.69) is 9.98 Å². The minimum Gasteiger partial charge on any atom is -0.497 e.